The summed E-state index contributed by atoms with van der Waals surface area (Å²) >= 11 is 0. The molecule has 132 valence electrons. The molecule has 0 aliphatic heterocycles. The van der Waals surface area contributed by atoms with E-state index < -0.39 is 5.91 Å². The summed E-state index contributed by atoms with van der Waals surface area (Å²) in [5.74, 6) is -0.666. The smallest absolute Gasteiger partial charge is 0.272 e. The van der Waals surface area contributed by atoms with Crippen molar-refractivity contribution in [1.82, 2.24) is 15.1 Å². The van der Waals surface area contributed by atoms with Crippen LogP contribution in [0.25, 0.3) is 0 Å². The Balaban J connectivity index is 1.65. The summed E-state index contributed by atoms with van der Waals surface area (Å²) in [6.45, 7) is 0.179. The summed E-state index contributed by atoms with van der Waals surface area (Å²) in [5, 5.41) is 9.49. The number of nitrogens with one attached hydrogen (secondary N) is 2. The zero-order chi connectivity index (χ0) is 18.5. The van der Waals surface area contributed by atoms with Crippen LogP contribution >= 0.6 is 0 Å². The molecule has 26 heavy (non-hydrogen) atoms. The van der Waals surface area contributed by atoms with Crippen molar-refractivity contribution in [3.63, 3.8) is 0 Å². The van der Waals surface area contributed by atoms with Gasteiger partial charge in [0.2, 0.25) is 0 Å². The number of rotatable bonds is 5. The van der Waals surface area contributed by atoms with Crippen LogP contribution < -0.4 is 10.6 Å². The molecule has 2 amide bonds. The monoisotopic (exact) mass is 352 g/mol. The Bertz CT molecular complexity index is 938. The highest BCUT2D eigenvalue weighted by Gasteiger charge is 2.15. The van der Waals surface area contributed by atoms with Gasteiger partial charge in [-0.15, -0.1) is 0 Å². The molecule has 0 spiro atoms. The van der Waals surface area contributed by atoms with Gasteiger partial charge in [-0.2, -0.15) is 5.10 Å². The van der Waals surface area contributed by atoms with Crippen molar-refractivity contribution >= 4 is 17.6 Å². The predicted molar refractivity (Wildman–Crippen MR) is 95.2 cm³/mol. The molecule has 0 aliphatic carbocycles. The van der Waals surface area contributed by atoms with Gasteiger partial charge in [0, 0.05) is 25.2 Å². The first-order valence-electron chi connectivity index (χ1n) is 7.96. The molecule has 1 aromatic heterocycles. The van der Waals surface area contributed by atoms with Gasteiger partial charge >= 0.3 is 0 Å². The highest BCUT2D eigenvalue weighted by Crippen LogP contribution is 2.12. The Hall–Kier alpha value is -3.48. The van der Waals surface area contributed by atoms with Crippen LogP contribution in [0, 0.1) is 5.82 Å². The SMILES string of the molecule is Cn1nc(C(=O)NCc2cccc(F)c2)cc1NC(=O)c1ccccc1. The van der Waals surface area contributed by atoms with Gasteiger partial charge in [0.15, 0.2) is 5.69 Å². The highest BCUT2D eigenvalue weighted by molar-refractivity contribution is 6.04. The summed E-state index contributed by atoms with van der Waals surface area (Å²) < 4.78 is 14.6. The van der Waals surface area contributed by atoms with Gasteiger partial charge in [-0.3, -0.25) is 14.3 Å². The maximum atomic E-state index is 13.2. The van der Waals surface area contributed by atoms with Crippen LogP contribution in [0.5, 0.6) is 0 Å². The summed E-state index contributed by atoms with van der Waals surface area (Å²) in [7, 11) is 1.63. The molecule has 0 aliphatic rings. The van der Waals surface area contributed by atoms with E-state index in [0.717, 1.165) is 0 Å². The van der Waals surface area contributed by atoms with Gasteiger partial charge < -0.3 is 10.6 Å². The molecule has 1 heterocycles. The Kier molecular flexibility index (Phi) is 5.07. The predicted octanol–water partition coefficient (Wildman–Crippen LogP) is 2.74. The first-order chi connectivity index (χ1) is 12.5. The molecular formula is C19H17FN4O2. The van der Waals surface area contributed by atoms with Crippen LogP contribution in [0.3, 0.4) is 0 Å². The van der Waals surface area contributed by atoms with Gasteiger partial charge in [0.1, 0.15) is 11.6 Å². The van der Waals surface area contributed by atoms with E-state index in [1.165, 1.54) is 22.9 Å². The van der Waals surface area contributed by atoms with Crippen LogP contribution in [0.1, 0.15) is 26.4 Å². The summed E-state index contributed by atoms with van der Waals surface area (Å²) in [6, 6.07) is 16.2. The second kappa shape index (κ2) is 7.60. The zero-order valence-corrected chi connectivity index (χ0v) is 14.1. The topological polar surface area (TPSA) is 76.0 Å². The van der Waals surface area contributed by atoms with Gasteiger partial charge in [0.25, 0.3) is 11.8 Å². The molecule has 0 fully saturated rings. The molecule has 2 aromatic carbocycles. The number of benzene rings is 2. The summed E-state index contributed by atoms with van der Waals surface area (Å²) in [6.07, 6.45) is 0. The third-order valence-corrected chi connectivity index (χ3v) is 3.73. The van der Waals surface area contributed by atoms with Crippen LogP contribution in [-0.4, -0.2) is 21.6 Å². The van der Waals surface area contributed by atoms with E-state index in [4.69, 9.17) is 0 Å². The van der Waals surface area contributed by atoms with E-state index in [1.807, 2.05) is 6.07 Å². The van der Waals surface area contributed by atoms with Crippen molar-refractivity contribution in [3.05, 3.63) is 83.3 Å². The summed E-state index contributed by atoms with van der Waals surface area (Å²) in [4.78, 5) is 24.4. The fourth-order valence-corrected chi connectivity index (χ4v) is 2.39. The molecule has 0 atom stereocenters. The second-order valence-electron chi connectivity index (χ2n) is 5.67. The van der Waals surface area contributed by atoms with Crippen LogP contribution in [-0.2, 0) is 13.6 Å². The first-order valence-corrected chi connectivity index (χ1v) is 7.96. The molecule has 7 heteroatoms. The zero-order valence-electron chi connectivity index (χ0n) is 14.1. The van der Waals surface area contributed by atoms with Crippen molar-refractivity contribution in [1.29, 1.82) is 0 Å². The maximum Gasteiger partial charge on any atom is 0.272 e. The molecule has 3 aromatic rings. The van der Waals surface area contributed by atoms with Gasteiger partial charge in [-0.05, 0) is 29.8 Å². The lowest BCUT2D eigenvalue weighted by atomic mass is 10.2. The van der Waals surface area contributed by atoms with E-state index in [9.17, 15) is 14.0 Å². The fraction of sp³-hybridized carbons (Fsp3) is 0.105. The van der Waals surface area contributed by atoms with E-state index in [-0.39, 0.29) is 24.0 Å². The number of aryl methyl sites for hydroxylation is 1. The first kappa shape index (κ1) is 17.3. The van der Waals surface area contributed by atoms with Crippen LogP contribution in [0.2, 0.25) is 0 Å². The Morgan fingerprint density at radius 3 is 2.54 bits per heavy atom. The maximum absolute atomic E-state index is 13.2. The minimum Gasteiger partial charge on any atom is -0.347 e. The van der Waals surface area contributed by atoms with E-state index in [2.05, 4.69) is 15.7 Å². The number of halogens is 1. The fourth-order valence-electron chi connectivity index (χ4n) is 2.39. The molecule has 0 saturated carbocycles. The van der Waals surface area contributed by atoms with Gasteiger partial charge in [-0.1, -0.05) is 30.3 Å². The molecule has 0 saturated heterocycles. The van der Waals surface area contributed by atoms with Crippen LogP contribution in [0.15, 0.2) is 60.7 Å². The Labute approximate surface area is 149 Å². The molecule has 0 radical (unpaired) electrons. The minimum absolute atomic E-state index is 0.160. The Morgan fingerprint density at radius 1 is 1.04 bits per heavy atom. The number of amides is 2. The average Bonchev–Trinajstić information content (AvgIpc) is 3.01. The number of anilines is 1. The lowest BCUT2D eigenvalue weighted by Crippen LogP contribution is -2.23. The number of hydrogen-bond acceptors (Lipinski definition) is 3. The lowest BCUT2D eigenvalue weighted by molar-refractivity contribution is 0.0944. The largest absolute Gasteiger partial charge is 0.347 e. The van der Waals surface area contributed by atoms with E-state index in [0.29, 0.717) is 16.9 Å². The molecular weight excluding hydrogens is 335 g/mol. The quantitative estimate of drug-likeness (QED) is 0.741. The van der Waals surface area contributed by atoms with Gasteiger partial charge in [-0.25, -0.2) is 4.39 Å². The number of aromatic nitrogens is 2. The van der Waals surface area contributed by atoms with Crippen molar-refractivity contribution in [2.45, 2.75) is 6.54 Å². The standard InChI is InChI=1S/C19H17FN4O2/c1-24-17(22-18(25)14-7-3-2-4-8-14)11-16(23-24)19(26)21-12-13-6-5-9-15(20)10-13/h2-11H,12H2,1H3,(H,21,26)(H,22,25). The van der Waals surface area contributed by atoms with Crippen molar-refractivity contribution in [2.75, 3.05) is 5.32 Å². The molecule has 0 unspecified atom stereocenters. The number of nitrogens with zero attached hydrogens (tertiary/aromatic N) is 2. The summed E-state index contributed by atoms with van der Waals surface area (Å²) in [5.41, 5.74) is 1.31. The van der Waals surface area contributed by atoms with Crippen molar-refractivity contribution in [2.24, 2.45) is 7.05 Å². The van der Waals surface area contributed by atoms with E-state index >= 15 is 0 Å². The number of carbonyl (C=O) groups excluding carboxylic acids is 2. The molecule has 6 nitrogen and oxygen atoms in total. The normalized spacial score (nSPS) is 10.4. The Morgan fingerprint density at radius 2 is 1.81 bits per heavy atom. The average molecular weight is 352 g/mol. The highest BCUT2D eigenvalue weighted by atomic mass is 19.1. The van der Waals surface area contributed by atoms with Crippen molar-refractivity contribution < 1.29 is 14.0 Å². The third-order valence-electron chi connectivity index (χ3n) is 3.73. The van der Waals surface area contributed by atoms with E-state index in [1.54, 1.807) is 43.4 Å². The number of hydrogen-bond donors (Lipinski definition) is 2. The van der Waals surface area contributed by atoms with Gasteiger partial charge in [0.05, 0.1) is 0 Å². The molecule has 0 bridgehead atoms. The molecule has 2 N–H and O–H groups in total. The molecule has 3 rings (SSSR count). The van der Waals surface area contributed by atoms with Crippen LogP contribution in [0.4, 0.5) is 10.2 Å². The lowest BCUT2D eigenvalue weighted by Gasteiger charge is -2.04. The van der Waals surface area contributed by atoms with Crippen molar-refractivity contribution in [3.8, 4) is 0 Å². The third kappa shape index (κ3) is 4.13. The number of carbonyl (C=O) groups is 2. The minimum atomic E-state index is -0.412. The second-order valence-corrected chi connectivity index (χ2v) is 5.67.